The molecule has 8 nitrogen and oxygen atoms in total. The van der Waals surface area contributed by atoms with Crippen LogP contribution in [-0.2, 0) is 26.2 Å². The average molecular weight is 578 g/mol. The van der Waals surface area contributed by atoms with Gasteiger partial charge in [-0.15, -0.1) is 0 Å². The molecule has 9 heteroatoms. The molecule has 0 unspecified atom stereocenters. The summed E-state index contributed by atoms with van der Waals surface area (Å²) in [7, 11) is -3.82. The van der Waals surface area contributed by atoms with Gasteiger partial charge in [-0.3, -0.25) is 13.9 Å². The number of para-hydroxylation sites is 1. The van der Waals surface area contributed by atoms with Gasteiger partial charge in [-0.25, -0.2) is 8.42 Å². The van der Waals surface area contributed by atoms with Crippen LogP contribution in [0, 0.1) is 6.92 Å². The second-order valence-corrected chi connectivity index (χ2v) is 12.6. The van der Waals surface area contributed by atoms with Gasteiger partial charge in [-0.2, -0.15) is 0 Å². The Labute approximate surface area is 243 Å². The van der Waals surface area contributed by atoms with Crippen molar-refractivity contribution in [1.29, 1.82) is 0 Å². The highest BCUT2D eigenvalue weighted by Crippen LogP contribution is 2.26. The summed E-state index contributed by atoms with van der Waals surface area (Å²) in [6, 6.07) is 22.8. The third-order valence-electron chi connectivity index (χ3n) is 7.34. The lowest BCUT2D eigenvalue weighted by Crippen LogP contribution is -2.52. The highest BCUT2D eigenvalue weighted by atomic mass is 32.2. The van der Waals surface area contributed by atoms with E-state index in [-0.39, 0.29) is 18.5 Å². The molecule has 0 saturated heterocycles. The monoisotopic (exact) mass is 577 g/mol. The normalized spacial score (nSPS) is 14.6. The molecule has 0 heterocycles. The highest BCUT2D eigenvalue weighted by Gasteiger charge is 2.31. The standard InChI is InChI=1S/C32H39N3O5S/c1-24-11-10-12-26(21-24)22-34(25(2)32(37)33-27-13-6-4-7-14-27)31(36)23-35(41(3,38)39)28-17-19-30(20-18-28)40-29-15-8-5-9-16-29/h5,8-12,15-21,25,27H,4,6-7,13-14,22-23H2,1-3H3,(H,33,37)/t25-/m1/s1. The van der Waals surface area contributed by atoms with Crippen LogP contribution in [0.25, 0.3) is 0 Å². The predicted molar refractivity (Wildman–Crippen MR) is 161 cm³/mol. The zero-order valence-electron chi connectivity index (χ0n) is 24.0. The molecule has 4 rings (SSSR count). The van der Waals surface area contributed by atoms with Crippen LogP contribution in [0.2, 0.25) is 0 Å². The number of sulfonamides is 1. The summed E-state index contributed by atoms with van der Waals surface area (Å²) in [4.78, 5) is 28.6. The molecule has 1 aliphatic rings. The van der Waals surface area contributed by atoms with E-state index in [1.165, 1.54) is 11.3 Å². The van der Waals surface area contributed by atoms with Crippen LogP contribution >= 0.6 is 0 Å². The molecule has 2 amide bonds. The smallest absolute Gasteiger partial charge is 0.244 e. The Hall–Kier alpha value is -3.85. The van der Waals surface area contributed by atoms with E-state index in [9.17, 15) is 18.0 Å². The van der Waals surface area contributed by atoms with Gasteiger partial charge in [-0.05, 0) is 68.7 Å². The van der Waals surface area contributed by atoms with Crippen LogP contribution < -0.4 is 14.4 Å². The molecule has 0 radical (unpaired) electrons. The van der Waals surface area contributed by atoms with Crippen molar-refractivity contribution in [3.63, 3.8) is 0 Å². The topological polar surface area (TPSA) is 96.0 Å². The number of benzene rings is 3. The van der Waals surface area contributed by atoms with Gasteiger partial charge in [0.05, 0.1) is 11.9 Å². The van der Waals surface area contributed by atoms with Crippen LogP contribution in [0.15, 0.2) is 78.9 Å². The molecule has 1 saturated carbocycles. The van der Waals surface area contributed by atoms with Gasteiger partial charge in [0, 0.05) is 12.6 Å². The Kier molecular flexibility index (Phi) is 10.0. The Morgan fingerprint density at radius 1 is 0.927 bits per heavy atom. The summed E-state index contributed by atoms with van der Waals surface area (Å²) >= 11 is 0. The first-order chi connectivity index (χ1) is 19.6. The zero-order chi connectivity index (χ0) is 29.4. The number of nitrogens with zero attached hydrogens (tertiary/aromatic N) is 2. The maximum atomic E-state index is 13.8. The molecule has 3 aromatic rings. The number of carbonyl (C=O) groups is 2. The number of amides is 2. The summed E-state index contributed by atoms with van der Waals surface area (Å²) in [5, 5.41) is 3.11. The van der Waals surface area contributed by atoms with Crippen molar-refractivity contribution < 1.29 is 22.7 Å². The van der Waals surface area contributed by atoms with E-state index < -0.39 is 28.5 Å². The van der Waals surface area contributed by atoms with Gasteiger partial charge < -0.3 is 15.0 Å². The Balaban J connectivity index is 1.55. The van der Waals surface area contributed by atoms with Crippen molar-refractivity contribution in [2.75, 3.05) is 17.1 Å². The first kappa shape index (κ1) is 30.1. The molecule has 3 aromatic carbocycles. The third kappa shape index (κ3) is 8.57. The lowest BCUT2D eigenvalue weighted by Gasteiger charge is -2.33. The van der Waals surface area contributed by atoms with Crippen LogP contribution in [0.3, 0.4) is 0 Å². The van der Waals surface area contributed by atoms with Crippen molar-refractivity contribution in [3.8, 4) is 11.5 Å². The van der Waals surface area contributed by atoms with E-state index in [1.807, 2.05) is 61.5 Å². The van der Waals surface area contributed by atoms with Gasteiger partial charge >= 0.3 is 0 Å². The molecule has 0 aromatic heterocycles. The molecular formula is C32H39N3O5S. The Bertz CT molecular complexity index is 1420. The SMILES string of the molecule is Cc1cccc(CN(C(=O)CN(c2ccc(Oc3ccccc3)cc2)S(C)(=O)=O)[C@H](C)C(=O)NC2CCCCC2)c1. The number of hydrogen-bond acceptors (Lipinski definition) is 5. The molecule has 0 spiro atoms. The van der Waals surface area contributed by atoms with Gasteiger partial charge in [0.1, 0.15) is 24.1 Å². The average Bonchev–Trinajstić information content (AvgIpc) is 2.95. The number of aryl methyl sites for hydroxylation is 1. The summed E-state index contributed by atoms with van der Waals surface area (Å²) in [6.45, 7) is 3.41. The van der Waals surface area contributed by atoms with Gasteiger partial charge in [0.15, 0.2) is 0 Å². The van der Waals surface area contributed by atoms with E-state index in [0.717, 1.165) is 47.4 Å². The lowest BCUT2D eigenvalue weighted by molar-refractivity contribution is -0.139. The number of anilines is 1. The predicted octanol–water partition coefficient (Wildman–Crippen LogP) is 5.42. The number of ether oxygens (including phenoxy) is 1. The zero-order valence-corrected chi connectivity index (χ0v) is 24.8. The summed E-state index contributed by atoms with van der Waals surface area (Å²) in [6.07, 6.45) is 6.24. The van der Waals surface area contributed by atoms with Gasteiger partial charge in [0.25, 0.3) is 0 Å². The summed E-state index contributed by atoms with van der Waals surface area (Å²) in [5.41, 5.74) is 2.23. The maximum Gasteiger partial charge on any atom is 0.244 e. The number of carbonyl (C=O) groups excluding carboxylic acids is 2. The van der Waals surface area contributed by atoms with Crippen molar-refractivity contribution in [2.24, 2.45) is 0 Å². The fraction of sp³-hybridized carbons (Fsp3) is 0.375. The van der Waals surface area contributed by atoms with Crippen LogP contribution in [0.5, 0.6) is 11.5 Å². The number of hydrogen-bond donors (Lipinski definition) is 1. The molecule has 41 heavy (non-hydrogen) atoms. The fourth-order valence-corrected chi connectivity index (χ4v) is 5.93. The van der Waals surface area contributed by atoms with Crippen LogP contribution in [0.1, 0.15) is 50.2 Å². The summed E-state index contributed by atoms with van der Waals surface area (Å²) in [5.74, 6) is 0.496. The van der Waals surface area contributed by atoms with Crippen molar-refractivity contribution in [2.45, 2.75) is 64.6 Å². The molecular weight excluding hydrogens is 538 g/mol. The van der Waals surface area contributed by atoms with E-state index in [4.69, 9.17) is 4.74 Å². The minimum atomic E-state index is -3.82. The van der Waals surface area contributed by atoms with Gasteiger partial charge in [-0.1, -0.05) is 67.3 Å². The largest absolute Gasteiger partial charge is 0.457 e. The lowest BCUT2D eigenvalue weighted by atomic mass is 9.95. The number of nitrogens with one attached hydrogen (secondary N) is 1. The second kappa shape index (κ2) is 13.7. The molecule has 0 bridgehead atoms. The molecule has 1 N–H and O–H groups in total. The number of rotatable bonds is 11. The quantitative estimate of drug-likeness (QED) is 0.328. The second-order valence-electron chi connectivity index (χ2n) is 10.7. The van der Waals surface area contributed by atoms with Crippen LogP contribution in [0.4, 0.5) is 5.69 Å². The van der Waals surface area contributed by atoms with Crippen molar-refractivity contribution in [3.05, 3.63) is 90.0 Å². The first-order valence-electron chi connectivity index (χ1n) is 14.1. The van der Waals surface area contributed by atoms with Crippen molar-refractivity contribution >= 4 is 27.5 Å². The summed E-state index contributed by atoms with van der Waals surface area (Å²) < 4.78 is 32.7. The minimum Gasteiger partial charge on any atom is -0.457 e. The van der Waals surface area contributed by atoms with E-state index in [1.54, 1.807) is 31.2 Å². The highest BCUT2D eigenvalue weighted by molar-refractivity contribution is 7.92. The third-order valence-corrected chi connectivity index (χ3v) is 8.48. The van der Waals surface area contributed by atoms with Gasteiger partial charge in [0.2, 0.25) is 21.8 Å². The molecule has 218 valence electrons. The minimum absolute atomic E-state index is 0.0961. The van der Waals surface area contributed by atoms with E-state index >= 15 is 0 Å². The van der Waals surface area contributed by atoms with Crippen molar-refractivity contribution in [1.82, 2.24) is 10.2 Å². The van der Waals surface area contributed by atoms with E-state index in [2.05, 4.69) is 5.32 Å². The maximum absolute atomic E-state index is 13.8. The molecule has 1 atom stereocenters. The Morgan fingerprint density at radius 3 is 2.22 bits per heavy atom. The Morgan fingerprint density at radius 2 is 1.59 bits per heavy atom. The van der Waals surface area contributed by atoms with E-state index in [0.29, 0.717) is 17.2 Å². The molecule has 1 fully saturated rings. The fourth-order valence-electron chi connectivity index (χ4n) is 5.08. The van der Waals surface area contributed by atoms with Crippen LogP contribution in [-0.4, -0.2) is 50.0 Å². The first-order valence-corrected chi connectivity index (χ1v) is 15.9. The molecule has 1 aliphatic carbocycles. The molecule has 0 aliphatic heterocycles.